The van der Waals surface area contributed by atoms with Crippen LogP contribution in [0.15, 0.2) is 97.2 Å². The maximum Gasteiger partial charge on any atom is 0.306 e. The van der Waals surface area contributed by atoms with Gasteiger partial charge in [0.15, 0.2) is 0 Å². The molecule has 0 aromatic heterocycles. The Balaban J connectivity index is 3.60. The molecule has 0 fully saturated rings. The van der Waals surface area contributed by atoms with Crippen molar-refractivity contribution in [2.24, 2.45) is 0 Å². The van der Waals surface area contributed by atoms with Crippen molar-refractivity contribution in [3.63, 3.8) is 0 Å². The van der Waals surface area contributed by atoms with Gasteiger partial charge in [-0.25, -0.2) is 0 Å². The van der Waals surface area contributed by atoms with E-state index in [0.717, 1.165) is 64.2 Å². The van der Waals surface area contributed by atoms with E-state index in [1.165, 1.54) is 38.5 Å². The smallest absolute Gasteiger partial charge is 0.306 e. The van der Waals surface area contributed by atoms with E-state index in [1.807, 2.05) is 6.08 Å². The largest absolute Gasteiger partial charge is 0.457 e. The van der Waals surface area contributed by atoms with Crippen LogP contribution in [0.5, 0.6) is 0 Å². The van der Waals surface area contributed by atoms with Gasteiger partial charge in [0.2, 0.25) is 0 Å². The van der Waals surface area contributed by atoms with Crippen LogP contribution in [-0.4, -0.2) is 37.0 Å². The van der Waals surface area contributed by atoms with Crippen LogP contribution in [0.4, 0.5) is 0 Å². The summed E-state index contributed by atoms with van der Waals surface area (Å²) in [5.41, 5.74) is 0. The summed E-state index contributed by atoms with van der Waals surface area (Å²) in [5.74, 6) is -0.290. The summed E-state index contributed by atoms with van der Waals surface area (Å²) in [6.07, 6.45) is 53.2. The lowest BCUT2D eigenvalue weighted by molar-refractivity contribution is -0.154. The van der Waals surface area contributed by atoms with Crippen molar-refractivity contribution in [3.8, 4) is 0 Å². The van der Waals surface area contributed by atoms with Crippen molar-refractivity contribution in [2.75, 3.05) is 19.8 Å². The first-order chi connectivity index (χ1) is 22.2. The van der Waals surface area contributed by atoms with E-state index in [0.29, 0.717) is 19.4 Å². The van der Waals surface area contributed by atoms with Crippen molar-refractivity contribution in [1.29, 1.82) is 0 Å². The Labute approximate surface area is 277 Å². The van der Waals surface area contributed by atoms with Crippen molar-refractivity contribution in [1.82, 2.24) is 0 Å². The van der Waals surface area contributed by atoms with E-state index >= 15 is 0 Å². The molecule has 0 spiro atoms. The van der Waals surface area contributed by atoms with Crippen molar-refractivity contribution in [2.45, 2.75) is 136 Å². The van der Waals surface area contributed by atoms with Gasteiger partial charge in [0.05, 0.1) is 13.2 Å². The van der Waals surface area contributed by atoms with Gasteiger partial charge in [-0.15, -0.1) is 0 Å². The molecule has 1 N–H and O–H groups in total. The highest BCUT2D eigenvalue weighted by Gasteiger charge is 2.13. The molecule has 0 saturated carbocycles. The van der Waals surface area contributed by atoms with Crippen LogP contribution in [0, 0.1) is 0 Å². The van der Waals surface area contributed by atoms with Crippen molar-refractivity contribution in [3.05, 3.63) is 97.2 Å². The molecule has 0 aliphatic heterocycles. The Morgan fingerprint density at radius 3 is 1.40 bits per heavy atom. The summed E-state index contributed by atoms with van der Waals surface area (Å²) in [6, 6.07) is 0. The third-order valence-electron chi connectivity index (χ3n) is 6.92. The van der Waals surface area contributed by atoms with Gasteiger partial charge < -0.3 is 14.6 Å². The summed E-state index contributed by atoms with van der Waals surface area (Å²) in [5, 5.41) is 9.53. The second-order valence-corrected chi connectivity index (χ2v) is 11.2. The summed E-state index contributed by atoms with van der Waals surface area (Å²) < 4.78 is 11.0. The molecule has 254 valence electrons. The molecule has 0 aromatic rings. The van der Waals surface area contributed by atoms with Crippen LogP contribution < -0.4 is 0 Å². The fraction of sp³-hybridized carbons (Fsp3) is 0.585. The van der Waals surface area contributed by atoms with Crippen molar-refractivity contribution >= 4 is 5.97 Å². The summed E-state index contributed by atoms with van der Waals surface area (Å²) >= 11 is 0. The third kappa shape index (κ3) is 35.7. The minimum Gasteiger partial charge on any atom is -0.457 e. The fourth-order valence-electron chi connectivity index (χ4n) is 4.33. The van der Waals surface area contributed by atoms with Gasteiger partial charge in [-0.2, -0.15) is 0 Å². The molecule has 1 atom stereocenters. The van der Waals surface area contributed by atoms with Crippen LogP contribution >= 0.6 is 0 Å². The summed E-state index contributed by atoms with van der Waals surface area (Å²) in [7, 11) is 0. The summed E-state index contributed by atoms with van der Waals surface area (Å²) in [6.45, 7) is 4.98. The highest BCUT2D eigenvalue weighted by Crippen LogP contribution is 2.10. The van der Waals surface area contributed by atoms with Gasteiger partial charge in [-0.1, -0.05) is 143 Å². The van der Waals surface area contributed by atoms with Crippen LogP contribution in [0.3, 0.4) is 0 Å². The number of ether oxygens (including phenoxy) is 2. The van der Waals surface area contributed by atoms with Crippen LogP contribution in [0.1, 0.15) is 129 Å². The third-order valence-corrected chi connectivity index (χ3v) is 6.92. The van der Waals surface area contributed by atoms with Gasteiger partial charge in [0.25, 0.3) is 0 Å². The molecule has 0 aliphatic rings. The Morgan fingerprint density at radius 1 is 0.533 bits per heavy atom. The zero-order valence-corrected chi connectivity index (χ0v) is 28.8. The molecule has 45 heavy (non-hydrogen) atoms. The monoisotopic (exact) mass is 622 g/mol. The molecular formula is C41H66O4. The van der Waals surface area contributed by atoms with Gasteiger partial charge >= 0.3 is 5.97 Å². The fourth-order valence-corrected chi connectivity index (χ4v) is 4.33. The zero-order valence-electron chi connectivity index (χ0n) is 28.8. The number of carbonyl (C=O) groups is 1. The molecule has 0 saturated heterocycles. The standard InChI is InChI=1S/C41H66O4/c1-3-5-7-9-11-13-15-17-18-19-20-21-22-23-25-27-29-31-33-35-37-44-39-40(38-42)45-41(43)36-34-32-30-28-26-24-16-14-12-10-8-6-4-2/h5-8,11-14,17-18,20-21,24,26,30,32,40,42H,3-4,9-10,15-16,19,22-23,25,27-29,31,33-39H2,1-2H3/b7-5-,8-6-,13-11-,14-12-,18-17-,21-20-,26-24-,32-30-. The molecule has 0 aromatic carbocycles. The highest BCUT2D eigenvalue weighted by atomic mass is 16.6. The van der Waals surface area contributed by atoms with E-state index in [1.54, 1.807) is 0 Å². The molecular weight excluding hydrogens is 556 g/mol. The number of aliphatic hydroxyl groups excluding tert-OH is 1. The van der Waals surface area contributed by atoms with E-state index in [4.69, 9.17) is 9.47 Å². The molecule has 0 amide bonds. The Morgan fingerprint density at radius 2 is 0.933 bits per heavy atom. The van der Waals surface area contributed by atoms with Crippen LogP contribution in [0.25, 0.3) is 0 Å². The average Bonchev–Trinajstić information content (AvgIpc) is 3.05. The first-order valence-corrected chi connectivity index (χ1v) is 17.8. The maximum atomic E-state index is 12.1. The minimum absolute atomic E-state index is 0.212. The molecule has 0 heterocycles. The normalized spacial score (nSPS) is 13.6. The predicted molar refractivity (Wildman–Crippen MR) is 195 cm³/mol. The second kappa shape index (κ2) is 37.5. The average molecular weight is 623 g/mol. The number of rotatable bonds is 31. The lowest BCUT2D eigenvalue weighted by atomic mass is 10.1. The number of hydrogen-bond donors (Lipinski definition) is 1. The molecule has 0 bridgehead atoms. The topological polar surface area (TPSA) is 55.8 Å². The lowest BCUT2D eigenvalue weighted by Gasteiger charge is -2.15. The van der Waals surface area contributed by atoms with E-state index in [9.17, 15) is 9.90 Å². The van der Waals surface area contributed by atoms with Crippen molar-refractivity contribution < 1.29 is 19.4 Å². The van der Waals surface area contributed by atoms with E-state index in [-0.39, 0.29) is 19.2 Å². The molecule has 1 unspecified atom stereocenters. The molecule has 4 heteroatoms. The Kier molecular flexibility index (Phi) is 35.3. The first kappa shape index (κ1) is 42.3. The number of unbranched alkanes of at least 4 members (excludes halogenated alkanes) is 7. The zero-order chi connectivity index (χ0) is 32.7. The SMILES string of the molecule is CC/C=C\C/C=C\C/C=C\C/C=C\CCCCCCCCCOCC(CO)OC(=O)CC/C=C\C/C=C\C/C=C\C/C=C\CC. The van der Waals surface area contributed by atoms with Crippen LogP contribution in [-0.2, 0) is 14.3 Å². The number of hydrogen-bond acceptors (Lipinski definition) is 4. The maximum absolute atomic E-state index is 12.1. The second-order valence-electron chi connectivity index (χ2n) is 11.2. The number of esters is 1. The Hall–Kier alpha value is -2.69. The van der Waals surface area contributed by atoms with Gasteiger partial charge in [0.1, 0.15) is 6.10 Å². The summed E-state index contributed by atoms with van der Waals surface area (Å²) in [4.78, 5) is 12.1. The highest BCUT2D eigenvalue weighted by molar-refractivity contribution is 5.69. The van der Waals surface area contributed by atoms with E-state index in [2.05, 4.69) is 105 Å². The van der Waals surface area contributed by atoms with Gasteiger partial charge in [0, 0.05) is 13.0 Å². The van der Waals surface area contributed by atoms with E-state index < -0.39 is 6.10 Å². The lowest BCUT2D eigenvalue weighted by Crippen LogP contribution is -2.27. The number of carbonyl (C=O) groups excluding carboxylic acids is 1. The molecule has 4 nitrogen and oxygen atoms in total. The first-order valence-electron chi connectivity index (χ1n) is 17.8. The number of allylic oxidation sites excluding steroid dienone is 16. The predicted octanol–water partition coefficient (Wildman–Crippen LogP) is 11.4. The molecule has 0 radical (unpaired) electrons. The minimum atomic E-state index is -0.583. The quantitative estimate of drug-likeness (QED) is 0.0475. The Bertz CT molecular complexity index is 872. The van der Waals surface area contributed by atoms with Gasteiger partial charge in [-0.05, 0) is 77.0 Å². The van der Waals surface area contributed by atoms with Crippen LogP contribution in [0.2, 0.25) is 0 Å². The molecule has 0 aliphatic carbocycles. The number of aliphatic hydroxyl groups is 1. The molecule has 0 rings (SSSR count). The van der Waals surface area contributed by atoms with Gasteiger partial charge in [-0.3, -0.25) is 4.79 Å².